The molecular formula is C18H20N2O2. The molecule has 0 fully saturated rings. The monoisotopic (exact) mass is 296 g/mol. The number of nitrogens with one attached hydrogen (secondary N) is 1. The molecule has 2 unspecified atom stereocenters. The van der Waals surface area contributed by atoms with E-state index in [9.17, 15) is 4.79 Å². The van der Waals surface area contributed by atoms with Crippen LogP contribution in [0.25, 0.3) is 0 Å². The molecule has 1 heterocycles. The Morgan fingerprint density at radius 1 is 1.23 bits per heavy atom. The molecule has 1 aliphatic rings. The molecule has 114 valence electrons. The number of rotatable bonds is 3. The Hall–Kier alpha value is -2.33. The number of para-hydroxylation sites is 1. The van der Waals surface area contributed by atoms with E-state index in [-0.39, 0.29) is 17.9 Å². The van der Waals surface area contributed by atoms with Crippen molar-refractivity contribution < 1.29 is 9.53 Å². The maximum absolute atomic E-state index is 12.6. The first-order chi connectivity index (χ1) is 10.6. The van der Waals surface area contributed by atoms with Gasteiger partial charge in [0.15, 0.2) is 0 Å². The van der Waals surface area contributed by atoms with Crippen molar-refractivity contribution in [2.75, 3.05) is 11.9 Å². The molecular weight excluding hydrogens is 276 g/mol. The van der Waals surface area contributed by atoms with Crippen LogP contribution in [-0.2, 0) is 4.79 Å². The third-order valence-electron chi connectivity index (χ3n) is 3.98. The molecule has 1 aliphatic heterocycles. The molecule has 3 N–H and O–H groups in total. The summed E-state index contributed by atoms with van der Waals surface area (Å²) in [6.45, 7) is 2.51. The molecule has 2 atom stereocenters. The van der Waals surface area contributed by atoms with Gasteiger partial charge in [0.2, 0.25) is 5.91 Å². The van der Waals surface area contributed by atoms with Crippen LogP contribution in [0.5, 0.6) is 5.75 Å². The van der Waals surface area contributed by atoms with E-state index in [4.69, 9.17) is 10.5 Å². The molecule has 22 heavy (non-hydrogen) atoms. The summed E-state index contributed by atoms with van der Waals surface area (Å²) in [4.78, 5) is 12.6. The number of amides is 1. The summed E-state index contributed by atoms with van der Waals surface area (Å²) >= 11 is 0. The van der Waals surface area contributed by atoms with Gasteiger partial charge in [-0.15, -0.1) is 0 Å². The van der Waals surface area contributed by atoms with E-state index in [1.165, 1.54) is 0 Å². The van der Waals surface area contributed by atoms with Crippen LogP contribution in [0.2, 0.25) is 0 Å². The van der Waals surface area contributed by atoms with Crippen molar-refractivity contribution in [3.63, 3.8) is 0 Å². The second-order valence-corrected chi connectivity index (χ2v) is 5.63. The van der Waals surface area contributed by atoms with Crippen LogP contribution < -0.4 is 15.8 Å². The number of anilines is 1. The van der Waals surface area contributed by atoms with Gasteiger partial charge in [-0.1, -0.05) is 30.3 Å². The predicted molar refractivity (Wildman–Crippen MR) is 87.0 cm³/mol. The van der Waals surface area contributed by atoms with E-state index in [0.29, 0.717) is 13.0 Å². The molecule has 0 saturated heterocycles. The zero-order chi connectivity index (χ0) is 15.5. The fraction of sp³-hybridized carbons (Fsp3) is 0.278. The van der Waals surface area contributed by atoms with Crippen LogP contribution in [0.3, 0.4) is 0 Å². The third kappa shape index (κ3) is 2.97. The molecule has 0 aliphatic carbocycles. The molecule has 0 aromatic heterocycles. The first-order valence-corrected chi connectivity index (χ1v) is 7.53. The van der Waals surface area contributed by atoms with Gasteiger partial charge in [-0.2, -0.15) is 0 Å². The van der Waals surface area contributed by atoms with Gasteiger partial charge in [0, 0.05) is 17.3 Å². The van der Waals surface area contributed by atoms with Crippen molar-refractivity contribution in [1.82, 2.24) is 0 Å². The maximum atomic E-state index is 12.6. The highest BCUT2D eigenvalue weighted by Gasteiger charge is 2.27. The Bertz CT molecular complexity index is 665. The summed E-state index contributed by atoms with van der Waals surface area (Å²) in [6, 6.07) is 15.4. The van der Waals surface area contributed by atoms with Crippen LogP contribution in [0.15, 0.2) is 48.5 Å². The quantitative estimate of drug-likeness (QED) is 0.914. The molecule has 0 bridgehead atoms. The zero-order valence-corrected chi connectivity index (χ0v) is 12.6. The lowest BCUT2D eigenvalue weighted by Gasteiger charge is -2.25. The van der Waals surface area contributed by atoms with E-state index in [1.54, 1.807) is 0 Å². The SMILES string of the molecule is CC(N)c1ccc(NC(=O)C2CCOc3ccccc32)cc1. The van der Waals surface area contributed by atoms with Crippen LogP contribution in [-0.4, -0.2) is 12.5 Å². The molecule has 1 amide bonds. The van der Waals surface area contributed by atoms with Gasteiger partial charge in [0.1, 0.15) is 5.75 Å². The molecule has 2 aromatic carbocycles. The van der Waals surface area contributed by atoms with Crippen molar-refractivity contribution in [2.24, 2.45) is 5.73 Å². The molecule has 0 radical (unpaired) electrons. The van der Waals surface area contributed by atoms with Gasteiger partial charge < -0.3 is 15.8 Å². The second kappa shape index (κ2) is 6.20. The third-order valence-corrected chi connectivity index (χ3v) is 3.98. The Labute approximate surface area is 130 Å². The molecule has 2 aromatic rings. The van der Waals surface area contributed by atoms with Gasteiger partial charge in [-0.25, -0.2) is 0 Å². The van der Waals surface area contributed by atoms with E-state index in [1.807, 2.05) is 55.5 Å². The van der Waals surface area contributed by atoms with Gasteiger partial charge in [-0.3, -0.25) is 4.79 Å². The van der Waals surface area contributed by atoms with Crippen molar-refractivity contribution in [1.29, 1.82) is 0 Å². The minimum Gasteiger partial charge on any atom is -0.493 e. The Morgan fingerprint density at radius 2 is 1.95 bits per heavy atom. The summed E-state index contributed by atoms with van der Waals surface area (Å²) in [5.41, 5.74) is 8.63. The van der Waals surface area contributed by atoms with Crippen LogP contribution in [0, 0.1) is 0 Å². The normalized spacial score (nSPS) is 18.0. The zero-order valence-electron chi connectivity index (χ0n) is 12.6. The standard InChI is InChI=1S/C18H20N2O2/c1-12(19)13-6-8-14(9-7-13)20-18(21)16-10-11-22-17-5-3-2-4-15(16)17/h2-9,12,16H,10-11,19H2,1H3,(H,20,21). The van der Waals surface area contributed by atoms with Crippen molar-refractivity contribution in [3.05, 3.63) is 59.7 Å². The average molecular weight is 296 g/mol. The Balaban J connectivity index is 1.75. The molecule has 4 nitrogen and oxygen atoms in total. The summed E-state index contributed by atoms with van der Waals surface area (Å²) < 4.78 is 5.60. The number of hydrogen-bond donors (Lipinski definition) is 2. The van der Waals surface area contributed by atoms with Gasteiger partial charge >= 0.3 is 0 Å². The minimum absolute atomic E-state index is 0.00398. The van der Waals surface area contributed by atoms with Crippen LogP contribution in [0.4, 0.5) is 5.69 Å². The van der Waals surface area contributed by atoms with Crippen molar-refractivity contribution >= 4 is 11.6 Å². The number of ether oxygens (including phenoxy) is 1. The van der Waals surface area contributed by atoms with Gasteiger partial charge in [0.05, 0.1) is 12.5 Å². The number of carbonyl (C=O) groups is 1. The summed E-state index contributed by atoms with van der Waals surface area (Å²) in [5, 5.41) is 2.98. The van der Waals surface area contributed by atoms with Gasteiger partial charge in [0.25, 0.3) is 0 Å². The van der Waals surface area contributed by atoms with Gasteiger partial charge in [-0.05, 0) is 37.1 Å². The second-order valence-electron chi connectivity index (χ2n) is 5.63. The summed E-state index contributed by atoms with van der Waals surface area (Å²) in [6.07, 6.45) is 0.695. The Morgan fingerprint density at radius 3 is 2.68 bits per heavy atom. The molecule has 3 rings (SSSR count). The molecule has 0 saturated carbocycles. The van der Waals surface area contributed by atoms with Crippen LogP contribution in [0.1, 0.15) is 36.4 Å². The highest BCUT2D eigenvalue weighted by Crippen LogP contribution is 2.34. The number of nitrogens with two attached hydrogens (primary N) is 1. The van der Waals surface area contributed by atoms with E-state index in [0.717, 1.165) is 22.6 Å². The Kier molecular flexibility index (Phi) is 4.11. The average Bonchev–Trinajstić information content (AvgIpc) is 2.54. The van der Waals surface area contributed by atoms with E-state index < -0.39 is 0 Å². The lowest BCUT2D eigenvalue weighted by molar-refractivity contribution is -0.118. The topological polar surface area (TPSA) is 64.3 Å². The van der Waals surface area contributed by atoms with Crippen LogP contribution >= 0.6 is 0 Å². The lowest BCUT2D eigenvalue weighted by Crippen LogP contribution is -2.26. The lowest BCUT2D eigenvalue weighted by atomic mass is 9.92. The maximum Gasteiger partial charge on any atom is 0.232 e. The summed E-state index contributed by atoms with van der Waals surface area (Å²) in [5.74, 6) is 0.642. The highest BCUT2D eigenvalue weighted by molar-refractivity contribution is 5.96. The first-order valence-electron chi connectivity index (χ1n) is 7.53. The number of fused-ring (bicyclic) bond motifs is 1. The fourth-order valence-corrected chi connectivity index (χ4v) is 2.71. The first kappa shape index (κ1) is 14.6. The summed E-state index contributed by atoms with van der Waals surface area (Å²) in [7, 11) is 0. The molecule has 4 heteroatoms. The number of carbonyl (C=O) groups excluding carboxylic acids is 1. The molecule has 0 spiro atoms. The highest BCUT2D eigenvalue weighted by atomic mass is 16.5. The predicted octanol–water partition coefficient (Wildman–Crippen LogP) is 3.21. The largest absolute Gasteiger partial charge is 0.493 e. The van der Waals surface area contributed by atoms with Crippen molar-refractivity contribution in [2.45, 2.75) is 25.3 Å². The smallest absolute Gasteiger partial charge is 0.232 e. The fourth-order valence-electron chi connectivity index (χ4n) is 2.71. The van der Waals surface area contributed by atoms with Crippen molar-refractivity contribution in [3.8, 4) is 5.75 Å². The van der Waals surface area contributed by atoms with E-state index in [2.05, 4.69) is 5.32 Å². The minimum atomic E-state index is -0.168. The van der Waals surface area contributed by atoms with E-state index >= 15 is 0 Å². The number of benzene rings is 2. The number of hydrogen-bond acceptors (Lipinski definition) is 3.